The lowest BCUT2D eigenvalue weighted by Gasteiger charge is -2.09. The maximum atomic E-state index is 12.1. The molecule has 0 saturated heterocycles. The van der Waals surface area contributed by atoms with Gasteiger partial charge in [-0.1, -0.05) is 12.1 Å². The molecule has 3 heterocycles. The second-order valence-electron chi connectivity index (χ2n) is 6.39. The quantitative estimate of drug-likeness (QED) is 0.378. The van der Waals surface area contributed by atoms with E-state index in [0.717, 1.165) is 23.5 Å². The molecule has 3 aromatic heterocycles. The first-order valence-electron chi connectivity index (χ1n) is 9.15. The molecule has 0 aliphatic carbocycles. The van der Waals surface area contributed by atoms with Crippen LogP contribution < -0.4 is 10.5 Å². The first-order chi connectivity index (χ1) is 16.0. The molecule has 1 aromatic carbocycles. The number of Topliss-reactive ketones (excluding diaryl/α,β-unsaturated/α-hetero) is 1. The zero-order valence-corrected chi connectivity index (χ0v) is 18.0. The molecule has 0 atom stereocenters. The number of carboxylic acids is 1. The van der Waals surface area contributed by atoms with Gasteiger partial charge in [0.1, 0.15) is 23.0 Å². The number of halogens is 3. The van der Waals surface area contributed by atoms with Crippen molar-refractivity contribution in [1.82, 2.24) is 25.0 Å². The van der Waals surface area contributed by atoms with Crippen molar-refractivity contribution in [1.29, 1.82) is 0 Å². The van der Waals surface area contributed by atoms with Crippen LogP contribution in [0.5, 0.6) is 5.75 Å². The minimum Gasteiger partial charge on any atom is -0.476 e. The van der Waals surface area contributed by atoms with Gasteiger partial charge in [0.05, 0.1) is 6.20 Å². The van der Waals surface area contributed by atoms with Crippen molar-refractivity contribution in [2.75, 3.05) is 5.73 Å². The number of hydrogen-bond acceptors (Lipinski definition) is 10. The second kappa shape index (κ2) is 10.1. The fourth-order valence-corrected chi connectivity index (χ4v) is 3.30. The van der Waals surface area contributed by atoms with Crippen LogP contribution >= 0.6 is 11.3 Å². The number of aromatic nitrogens is 5. The summed E-state index contributed by atoms with van der Waals surface area (Å²) >= 11 is 1.41. The van der Waals surface area contributed by atoms with E-state index in [0.29, 0.717) is 18.1 Å². The number of carbonyl (C=O) groups is 2. The molecule has 0 amide bonds. The van der Waals surface area contributed by atoms with Crippen LogP contribution in [0.3, 0.4) is 0 Å². The molecule has 0 aliphatic heterocycles. The van der Waals surface area contributed by atoms with Crippen LogP contribution in [0.15, 0.2) is 46.7 Å². The molecule has 0 radical (unpaired) electrons. The minimum absolute atomic E-state index is 0.0366. The third-order valence-corrected chi connectivity index (χ3v) is 4.68. The normalized spacial score (nSPS) is 10.9. The SMILES string of the molecule is CC(=O)c1csc(Cn2ncc(N)n2)n1.O=C(O)c1ncoc1-c1cccc(OC(F)(F)F)c1. The van der Waals surface area contributed by atoms with E-state index < -0.39 is 18.1 Å². The smallest absolute Gasteiger partial charge is 0.476 e. The van der Waals surface area contributed by atoms with Gasteiger partial charge < -0.3 is 20.0 Å². The molecular weight excluding hydrogens is 481 g/mol. The third kappa shape index (κ3) is 6.61. The van der Waals surface area contributed by atoms with Crippen LogP contribution in [0.4, 0.5) is 19.0 Å². The number of aromatic carboxylic acids is 1. The lowest BCUT2D eigenvalue weighted by atomic mass is 10.1. The van der Waals surface area contributed by atoms with E-state index in [2.05, 4.69) is 24.9 Å². The highest BCUT2D eigenvalue weighted by molar-refractivity contribution is 7.09. The number of nitrogens with two attached hydrogens (primary N) is 1. The van der Waals surface area contributed by atoms with Gasteiger partial charge in [-0.15, -0.1) is 29.6 Å². The Morgan fingerprint density at radius 3 is 2.68 bits per heavy atom. The molecule has 0 spiro atoms. The first-order valence-corrected chi connectivity index (χ1v) is 10.0. The van der Waals surface area contributed by atoms with Crippen LogP contribution in [0.2, 0.25) is 0 Å². The molecule has 4 aromatic rings. The summed E-state index contributed by atoms with van der Waals surface area (Å²) in [6, 6.07) is 4.77. The summed E-state index contributed by atoms with van der Waals surface area (Å²) < 4.78 is 44.8. The van der Waals surface area contributed by atoms with E-state index in [1.165, 1.54) is 41.4 Å². The average Bonchev–Trinajstić information content (AvgIpc) is 3.48. The lowest BCUT2D eigenvalue weighted by Crippen LogP contribution is -2.17. The van der Waals surface area contributed by atoms with Gasteiger partial charge in [-0.05, 0) is 12.1 Å². The average molecular weight is 496 g/mol. The number of carboxylic acid groups (broad SMARTS) is 1. The number of nitrogens with zero attached hydrogens (tertiary/aromatic N) is 5. The summed E-state index contributed by atoms with van der Waals surface area (Å²) in [6.07, 6.45) is -2.45. The van der Waals surface area contributed by atoms with Crippen LogP contribution in [0, 0.1) is 0 Å². The Bertz CT molecular complexity index is 1300. The molecular formula is C19H15F3N6O5S. The van der Waals surface area contributed by atoms with Gasteiger partial charge >= 0.3 is 12.3 Å². The maximum Gasteiger partial charge on any atom is 0.573 e. The Labute approximate surface area is 192 Å². The van der Waals surface area contributed by atoms with E-state index in [1.807, 2.05) is 0 Å². The zero-order chi connectivity index (χ0) is 24.9. The second-order valence-corrected chi connectivity index (χ2v) is 7.34. The zero-order valence-electron chi connectivity index (χ0n) is 17.2. The number of rotatable bonds is 6. The molecule has 15 heteroatoms. The van der Waals surface area contributed by atoms with Crippen molar-refractivity contribution in [3.05, 3.63) is 58.6 Å². The summed E-state index contributed by atoms with van der Waals surface area (Å²) in [6.45, 7) is 1.93. The van der Waals surface area contributed by atoms with Gasteiger partial charge in [0, 0.05) is 17.9 Å². The fourth-order valence-electron chi connectivity index (χ4n) is 2.49. The van der Waals surface area contributed by atoms with E-state index in [1.54, 1.807) is 5.38 Å². The number of ketones is 1. The standard InChI is InChI=1S/C11H6F3NO4.C8H9N5OS/c12-11(13,14)19-7-3-1-2-6(4-7)9-8(10(16)17)15-5-18-9;1-5(14)6-4-15-8(11-6)3-13-10-2-7(9)12-13/h1-5H,(H,16,17);2,4H,3H2,1H3,(H2,9,12). The number of benzene rings is 1. The highest BCUT2D eigenvalue weighted by atomic mass is 32.1. The minimum atomic E-state index is -4.82. The topological polar surface area (TPSA) is 159 Å². The van der Waals surface area contributed by atoms with Crippen molar-refractivity contribution in [2.24, 2.45) is 0 Å². The van der Waals surface area contributed by atoms with E-state index in [-0.39, 0.29) is 22.8 Å². The van der Waals surface area contributed by atoms with Gasteiger partial charge in [0.15, 0.2) is 29.4 Å². The number of anilines is 1. The van der Waals surface area contributed by atoms with Crippen LogP contribution in [-0.2, 0) is 6.54 Å². The molecule has 11 nitrogen and oxygen atoms in total. The molecule has 0 aliphatic rings. The van der Waals surface area contributed by atoms with Crippen molar-refractivity contribution >= 4 is 28.9 Å². The summed E-state index contributed by atoms with van der Waals surface area (Å²) in [5, 5.41) is 19.2. The van der Waals surface area contributed by atoms with Gasteiger partial charge in [-0.25, -0.2) is 14.8 Å². The Kier molecular flexibility index (Phi) is 7.25. The highest BCUT2D eigenvalue weighted by Crippen LogP contribution is 2.29. The molecule has 4 rings (SSSR count). The Morgan fingerprint density at radius 2 is 2.09 bits per heavy atom. The van der Waals surface area contributed by atoms with Crippen LogP contribution in [0.25, 0.3) is 11.3 Å². The molecule has 0 saturated carbocycles. The summed E-state index contributed by atoms with van der Waals surface area (Å²) in [5.41, 5.74) is 5.64. The van der Waals surface area contributed by atoms with Crippen LogP contribution in [-0.4, -0.2) is 48.2 Å². The summed E-state index contributed by atoms with van der Waals surface area (Å²) in [5.74, 6) is -1.62. The van der Waals surface area contributed by atoms with Crippen molar-refractivity contribution in [2.45, 2.75) is 19.8 Å². The van der Waals surface area contributed by atoms with Gasteiger partial charge in [0.25, 0.3) is 0 Å². The predicted molar refractivity (Wildman–Crippen MR) is 111 cm³/mol. The number of nitrogen functional groups attached to an aromatic ring is 1. The molecule has 0 fully saturated rings. The largest absolute Gasteiger partial charge is 0.573 e. The molecule has 178 valence electrons. The van der Waals surface area contributed by atoms with E-state index >= 15 is 0 Å². The summed E-state index contributed by atoms with van der Waals surface area (Å²) in [4.78, 5) is 30.9. The third-order valence-electron chi connectivity index (χ3n) is 3.84. The van der Waals surface area contributed by atoms with Gasteiger partial charge in [-0.2, -0.15) is 9.90 Å². The molecule has 0 unspecified atom stereocenters. The Morgan fingerprint density at radius 1 is 1.32 bits per heavy atom. The number of oxazole rings is 1. The van der Waals surface area contributed by atoms with Crippen molar-refractivity contribution in [3.8, 4) is 17.1 Å². The van der Waals surface area contributed by atoms with E-state index in [4.69, 9.17) is 15.3 Å². The van der Waals surface area contributed by atoms with Gasteiger partial charge in [0.2, 0.25) is 0 Å². The van der Waals surface area contributed by atoms with E-state index in [9.17, 15) is 22.8 Å². The summed E-state index contributed by atoms with van der Waals surface area (Å²) in [7, 11) is 0. The Balaban J connectivity index is 0.000000196. The number of hydrogen-bond donors (Lipinski definition) is 2. The predicted octanol–water partition coefficient (Wildman–Crippen LogP) is 3.51. The molecule has 3 N–H and O–H groups in total. The Hall–Kier alpha value is -4.27. The fraction of sp³-hybridized carbons (Fsp3) is 0.158. The number of thiazole rings is 1. The number of carbonyl (C=O) groups excluding carboxylic acids is 1. The maximum absolute atomic E-state index is 12.1. The highest BCUT2D eigenvalue weighted by Gasteiger charge is 2.31. The monoisotopic (exact) mass is 496 g/mol. The van der Waals surface area contributed by atoms with Gasteiger partial charge in [-0.3, -0.25) is 4.79 Å². The number of alkyl halides is 3. The molecule has 34 heavy (non-hydrogen) atoms. The first kappa shape index (κ1) is 24.4. The molecule has 0 bridgehead atoms. The van der Waals surface area contributed by atoms with Crippen molar-refractivity contribution < 1.29 is 37.0 Å². The lowest BCUT2D eigenvalue weighted by molar-refractivity contribution is -0.274. The van der Waals surface area contributed by atoms with Crippen molar-refractivity contribution in [3.63, 3.8) is 0 Å². The van der Waals surface area contributed by atoms with Crippen LogP contribution in [0.1, 0.15) is 32.9 Å². The number of ether oxygens (including phenoxy) is 1.